The lowest BCUT2D eigenvalue weighted by molar-refractivity contribution is 1.23. The van der Waals surface area contributed by atoms with Gasteiger partial charge in [-0.3, -0.25) is 0 Å². The zero-order valence-electron chi connectivity index (χ0n) is 20.8. The zero-order chi connectivity index (χ0) is 25.0. The van der Waals surface area contributed by atoms with Crippen LogP contribution in [0, 0.1) is 6.92 Å². The molecular weight excluding hydrogens is 448 g/mol. The van der Waals surface area contributed by atoms with Gasteiger partial charge in [0.05, 0.1) is 17.1 Å². The third-order valence-corrected chi connectivity index (χ3v) is 6.66. The summed E-state index contributed by atoms with van der Waals surface area (Å²) in [5.41, 5.74) is 7.95. The number of anilines is 6. The van der Waals surface area contributed by atoms with E-state index < -0.39 is 0 Å². The average Bonchev–Trinajstić information content (AvgIpc) is 2.96. The molecule has 0 spiro atoms. The molecule has 6 rings (SSSR count). The molecule has 6 aromatic carbocycles. The molecule has 0 saturated heterocycles. The Bertz CT molecular complexity index is 1600. The molecular formula is C35H28N2. The minimum atomic E-state index is 1.11. The highest BCUT2D eigenvalue weighted by Gasteiger charge is 2.22. The fraction of sp³-hybridized carbons (Fsp3) is 0.0286. The van der Waals surface area contributed by atoms with Crippen molar-refractivity contribution in [2.45, 2.75) is 6.92 Å². The quantitative estimate of drug-likeness (QED) is 0.236. The van der Waals surface area contributed by atoms with E-state index in [-0.39, 0.29) is 0 Å². The van der Waals surface area contributed by atoms with Gasteiger partial charge in [-0.15, -0.1) is 0 Å². The monoisotopic (exact) mass is 476 g/mol. The highest BCUT2D eigenvalue weighted by Crippen LogP contribution is 2.46. The molecule has 0 aliphatic heterocycles. The number of aryl methyl sites for hydroxylation is 1. The van der Waals surface area contributed by atoms with Gasteiger partial charge in [-0.25, -0.2) is 0 Å². The lowest BCUT2D eigenvalue weighted by Gasteiger charge is -2.33. The van der Waals surface area contributed by atoms with Gasteiger partial charge in [0.1, 0.15) is 0 Å². The van der Waals surface area contributed by atoms with E-state index >= 15 is 0 Å². The first kappa shape index (κ1) is 22.6. The van der Waals surface area contributed by atoms with Crippen LogP contribution in [0.2, 0.25) is 0 Å². The van der Waals surface area contributed by atoms with Crippen LogP contribution in [0.1, 0.15) is 5.56 Å². The Balaban J connectivity index is 1.64. The van der Waals surface area contributed by atoms with Gasteiger partial charge in [0.2, 0.25) is 0 Å². The normalized spacial score (nSPS) is 10.8. The van der Waals surface area contributed by atoms with Crippen LogP contribution < -0.4 is 9.80 Å². The molecule has 0 fully saturated rings. The van der Waals surface area contributed by atoms with Crippen LogP contribution in [0.4, 0.5) is 34.1 Å². The second-order valence-electron chi connectivity index (χ2n) is 9.17. The largest absolute Gasteiger partial charge is 0.308 e. The van der Waals surface area contributed by atoms with Crippen LogP contribution in [0.3, 0.4) is 0 Å². The van der Waals surface area contributed by atoms with Crippen molar-refractivity contribution in [1.29, 1.82) is 0 Å². The average molecular weight is 477 g/mol. The van der Waals surface area contributed by atoms with Crippen molar-refractivity contribution in [2.24, 2.45) is 0 Å². The van der Waals surface area contributed by atoms with Crippen molar-refractivity contribution >= 4 is 44.9 Å². The molecule has 0 amide bonds. The number of rotatable bonds is 6. The summed E-state index contributed by atoms with van der Waals surface area (Å²) in [6.45, 7) is 2.15. The zero-order valence-corrected chi connectivity index (χ0v) is 20.8. The Kier molecular flexibility index (Phi) is 6.14. The third-order valence-electron chi connectivity index (χ3n) is 6.66. The molecule has 0 bridgehead atoms. The Labute approximate surface area is 218 Å². The van der Waals surface area contributed by atoms with Crippen LogP contribution in [0.25, 0.3) is 10.8 Å². The molecule has 0 aliphatic rings. The summed E-state index contributed by atoms with van der Waals surface area (Å²) in [7, 11) is 0. The molecule has 0 atom stereocenters. The van der Waals surface area contributed by atoms with Gasteiger partial charge in [-0.1, -0.05) is 97.1 Å². The smallest absolute Gasteiger partial charge is 0.0702 e. The number of fused-ring (bicyclic) bond motifs is 1. The molecule has 0 aromatic heterocycles. The Morgan fingerprint density at radius 1 is 0.378 bits per heavy atom. The number of benzene rings is 6. The molecule has 0 aliphatic carbocycles. The molecule has 2 heteroatoms. The maximum atomic E-state index is 2.39. The van der Waals surface area contributed by atoms with E-state index in [1.165, 1.54) is 16.3 Å². The molecule has 0 saturated carbocycles. The van der Waals surface area contributed by atoms with E-state index in [0.29, 0.717) is 0 Å². The second-order valence-corrected chi connectivity index (χ2v) is 9.17. The molecule has 178 valence electrons. The van der Waals surface area contributed by atoms with Crippen LogP contribution in [-0.2, 0) is 0 Å². The number of para-hydroxylation sites is 4. The molecule has 0 unspecified atom stereocenters. The predicted octanol–water partition coefficient (Wildman–Crippen LogP) is 10.1. The van der Waals surface area contributed by atoms with E-state index in [1.807, 2.05) is 0 Å². The molecule has 37 heavy (non-hydrogen) atoms. The van der Waals surface area contributed by atoms with E-state index in [4.69, 9.17) is 0 Å². The van der Waals surface area contributed by atoms with Crippen molar-refractivity contribution < 1.29 is 0 Å². The molecule has 6 aromatic rings. The summed E-state index contributed by atoms with van der Waals surface area (Å²) < 4.78 is 0. The standard InChI is InChI=1S/C35H28N2/c1-27-14-12-21-31(26-27)37(33-25-13-16-28-15-8-9-22-32(28)33)35-24-11-10-23-34(35)36(29-17-4-2-5-18-29)30-19-6-3-7-20-30/h2-26H,1H3. The molecule has 0 N–H and O–H groups in total. The van der Waals surface area contributed by atoms with Crippen LogP contribution in [0.5, 0.6) is 0 Å². The minimum Gasteiger partial charge on any atom is -0.308 e. The Morgan fingerprint density at radius 2 is 0.865 bits per heavy atom. The maximum Gasteiger partial charge on any atom is 0.0702 e. The van der Waals surface area contributed by atoms with Gasteiger partial charge in [0.25, 0.3) is 0 Å². The second kappa shape index (κ2) is 10.0. The van der Waals surface area contributed by atoms with E-state index in [9.17, 15) is 0 Å². The summed E-state index contributed by atoms with van der Waals surface area (Å²) in [6.07, 6.45) is 0. The van der Waals surface area contributed by atoms with E-state index in [0.717, 1.165) is 34.1 Å². The van der Waals surface area contributed by atoms with Gasteiger partial charge in [-0.2, -0.15) is 0 Å². The van der Waals surface area contributed by atoms with Crippen molar-refractivity contribution in [2.75, 3.05) is 9.80 Å². The summed E-state index contributed by atoms with van der Waals surface area (Å²) in [5, 5.41) is 2.44. The fourth-order valence-corrected chi connectivity index (χ4v) is 5.00. The lowest BCUT2D eigenvalue weighted by Crippen LogP contribution is -2.17. The van der Waals surface area contributed by atoms with Gasteiger partial charge >= 0.3 is 0 Å². The highest BCUT2D eigenvalue weighted by molar-refractivity contribution is 6.01. The lowest BCUT2D eigenvalue weighted by atomic mass is 10.0. The topological polar surface area (TPSA) is 6.48 Å². The SMILES string of the molecule is Cc1cccc(N(c2ccccc2N(c2ccccc2)c2ccccc2)c2cccc3ccccc23)c1. The van der Waals surface area contributed by atoms with Crippen molar-refractivity contribution in [3.8, 4) is 0 Å². The van der Waals surface area contributed by atoms with Crippen molar-refractivity contribution in [3.05, 3.63) is 157 Å². The van der Waals surface area contributed by atoms with Crippen LogP contribution in [0.15, 0.2) is 152 Å². The summed E-state index contributed by atoms with van der Waals surface area (Å²) >= 11 is 0. The maximum absolute atomic E-state index is 2.39. The molecule has 0 radical (unpaired) electrons. The van der Waals surface area contributed by atoms with E-state index in [2.05, 4.69) is 168 Å². The summed E-state index contributed by atoms with van der Waals surface area (Å²) in [6, 6.07) is 53.7. The van der Waals surface area contributed by atoms with Crippen LogP contribution in [-0.4, -0.2) is 0 Å². The molecule has 0 heterocycles. The highest BCUT2D eigenvalue weighted by atomic mass is 15.2. The van der Waals surface area contributed by atoms with Crippen molar-refractivity contribution in [3.63, 3.8) is 0 Å². The van der Waals surface area contributed by atoms with Crippen molar-refractivity contribution in [1.82, 2.24) is 0 Å². The van der Waals surface area contributed by atoms with Crippen LogP contribution >= 0.6 is 0 Å². The molecule has 2 nitrogen and oxygen atoms in total. The number of nitrogens with zero attached hydrogens (tertiary/aromatic N) is 2. The fourth-order valence-electron chi connectivity index (χ4n) is 5.00. The van der Waals surface area contributed by atoms with Gasteiger partial charge < -0.3 is 9.80 Å². The number of hydrogen-bond donors (Lipinski definition) is 0. The van der Waals surface area contributed by atoms with Gasteiger partial charge in [0.15, 0.2) is 0 Å². The first-order chi connectivity index (χ1) is 18.3. The predicted molar refractivity (Wildman–Crippen MR) is 158 cm³/mol. The first-order valence-electron chi connectivity index (χ1n) is 12.6. The van der Waals surface area contributed by atoms with E-state index in [1.54, 1.807) is 0 Å². The summed E-state index contributed by atoms with van der Waals surface area (Å²) in [5.74, 6) is 0. The number of hydrogen-bond acceptors (Lipinski definition) is 2. The third kappa shape index (κ3) is 4.46. The van der Waals surface area contributed by atoms with Gasteiger partial charge in [0, 0.05) is 22.4 Å². The minimum absolute atomic E-state index is 1.11. The van der Waals surface area contributed by atoms with Gasteiger partial charge in [-0.05, 0) is 72.5 Å². The Morgan fingerprint density at radius 3 is 1.54 bits per heavy atom. The first-order valence-corrected chi connectivity index (χ1v) is 12.6. The Hall–Kier alpha value is -4.82. The summed E-state index contributed by atoms with van der Waals surface area (Å²) in [4.78, 5) is 4.73.